The normalized spacial score (nSPS) is 12.0. The highest BCUT2D eigenvalue weighted by molar-refractivity contribution is 5.42. The molecule has 0 bridgehead atoms. The van der Waals surface area contributed by atoms with Gasteiger partial charge in [0.15, 0.2) is 5.69 Å². The van der Waals surface area contributed by atoms with Crippen molar-refractivity contribution >= 4 is 5.69 Å². The molecule has 4 nitrogen and oxygen atoms in total. The first-order valence-electron chi connectivity index (χ1n) is 2.95. The molecule has 0 radical (unpaired) electrons. The topological polar surface area (TPSA) is 63.8 Å². The van der Waals surface area contributed by atoms with Gasteiger partial charge in [0.1, 0.15) is 5.69 Å². The van der Waals surface area contributed by atoms with E-state index in [2.05, 4.69) is 0 Å². The first-order chi connectivity index (χ1) is 5.34. The standard InChI is InChI=1S/C5H6F3N3O/c1-11-3(5(6,7)8)2(9)4(12)10-11/h9H2,1H3,(H,10,12). The van der Waals surface area contributed by atoms with E-state index in [1.54, 1.807) is 0 Å². The van der Waals surface area contributed by atoms with Crippen molar-refractivity contribution in [1.29, 1.82) is 0 Å². The number of aryl methyl sites for hydroxylation is 1. The van der Waals surface area contributed by atoms with E-state index < -0.39 is 23.1 Å². The van der Waals surface area contributed by atoms with Crippen molar-refractivity contribution in [3.05, 3.63) is 16.0 Å². The molecule has 0 aliphatic rings. The molecule has 7 heteroatoms. The van der Waals surface area contributed by atoms with Crippen molar-refractivity contribution in [2.75, 3.05) is 5.73 Å². The summed E-state index contributed by atoms with van der Waals surface area (Å²) in [6.45, 7) is 0. The van der Waals surface area contributed by atoms with Crippen LogP contribution in [0.2, 0.25) is 0 Å². The van der Waals surface area contributed by atoms with Crippen LogP contribution in [0.5, 0.6) is 0 Å². The van der Waals surface area contributed by atoms with Gasteiger partial charge in [-0.25, -0.2) is 0 Å². The Bertz CT molecular complexity index is 348. The van der Waals surface area contributed by atoms with Crippen molar-refractivity contribution < 1.29 is 13.2 Å². The molecule has 0 aliphatic carbocycles. The molecule has 0 amide bonds. The Hall–Kier alpha value is -1.40. The van der Waals surface area contributed by atoms with Gasteiger partial charge in [0.2, 0.25) is 0 Å². The molecule has 0 fully saturated rings. The number of alkyl halides is 3. The minimum atomic E-state index is -4.60. The highest BCUT2D eigenvalue weighted by atomic mass is 19.4. The van der Waals surface area contributed by atoms with E-state index in [4.69, 9.17) is 5.73 Å². The van der Waals surface area contributed by atoms with Crippen molar-refractivity contribution in [2.45, 2.75) is 6.18 Å². The Morgan fingerprint density at radius 3 is 2.17 bits per heavy atom. The van der Waals surface area contributed by atoms with Crippen LogP contribution >= 0.6 is 0 Å². The molecule has 0 unspecified atom stereocenters. The first-order valence-corrected chi connectivity index (χ1v) is 2.95. The molecule has 0 atom stereocenters. The predicted octanol–water partition coefficient (Wildman–Crippen LogP) is 0.314. The lowest BCUT2D eigenvalue weighted by molar-refractivity contribution is -0.143. The summed E-state index contributed by atoms with van der Waals surface area (Å²) in [6, 6.07) is 0. The van der Waals surface area contributed by atoms with Crippen LogP contribution in [-0.4, -0.2) is 9.78 Å². The monoisotopic (exact) mass is 181 g/mol. The van der Waals surface area contributed by atoms with Crippen LogP contribution < -0.4 is 11.3 Å². The maximum absolute atomic E-state index is 12.1. The third kappa shape index (κ3) is 1.17. The lowest BCUT2D eigenvalue weighted by Crippen LogP contribution is -2.14. The Kier molecular flexibility index (Phi) is 1.66. The van der Waals surface area contributed by atoms with Gasteiger partial charge in [0.25, 0.3) is 5.56 Å². The zero-order chi connectivity index (χ0) is 9.52. The number of H-pyrrole nitrogens is 1. The summed E-state index contributed by atoms with van der Waals surface area (Å²) in [5.41, 5.74) is 2.03. The van der Waals surface area contributed by atoms with Gasteiger partial charge in [-0.05, 0) is 0 Å². The second-order valence-corrected chi connectivity index (χ2v) is 2.26. The molecule has 1 rings (SSSR count). The van der Waals surface area contributed by atoms with Crippen LogP contribution in [0, 0.1) is 0 Å². The van der Waals surface area contributed by atoms with E-state index in [1.165, 1.54) is 0 Å². The number of nitrogens with zero attached hydrogens (tertiary/aromatic N) is 1. The summed E-state index contributed by atoms with van der Waals surface area (Å²) in [5, 5.41) is 1.90. The molecule has 0 aromatic carbocycles. The maximum atomic E-state index is 12.1. The minimum absolute atomic E-state index is 0.553. The highest BCUT2D eigenvalue weighted by Crippen LogP contribution is 2.30. The average molecular weight is 181 g/mol. The van der Waals surface area contributed by atoms with Gasteiger partial charge >= 0.3 is 6.18 Å². The summed E-state index contributed by atoms with van der Waals surface area (Å²) in [4.78, 5) is 10.6. The predicted molar refractivity (Wildman–Crippen MR) is 35.4 cm³/mol. The SMILES string of the molecule is Cn1[nH]c(=O)c(N)c1C(F)(F)F. The second-order valence-electron chi connectivity index (χ2n) is 2.26. The van der Waals surface area contributed by atoms with E-state index in [0.717, 1.165) is 7.05 Å². The van der Waals surface area contributed by atoms with Crippen LogP contribution in [0.3, 0.4) is 0 Å². The molecule has 12 heavy (non-hydrogen) atoms. The Morgan fingerprint density at radius 2 is 2.00 bits per heavy atom. The van der Waals surface area contributed by atoms with Crippen LogP contribution in [0.1, 0.15) is 5.69 Å². The number of aromatic nitrogens is 2. The van der Waals surface area contributed by atoms with Gasteiger partial charge in [-0.2, -0.15) is 13.2 Å². The van der Waals surface area contributed by atoms with E-state index >= 15 is 0 Å². The fourth-order valence-electron chi connectivity index (χ4n) is 0.900. The third-order valence-electron chi connectivity index (χ3n) is 1.37. The van der Waals surface area contributed by atoms with Gasteiger partial charge in [-0.1, -0.05) is 0 Å². The van der Waals surface area contributed by atoms with Crippen LogP contribution in [0.15, 0.2) is 4.79 Å². The smallest absolute Gasteiger partial charge is 0.392 e. The average Bonchev–Trinajstić information content (AvgIpc) is 2.05. The quantitative estimate of drug-likeness (QED) is 0.605. The van der Waals surface area contributed by atoms with E-state index in [-0.39, 0.29) is 0 Å². The summed E-state index contributed by atoms with van der Waals surface area (Å²) >= 11 is 0. The molecule has 68 valence electrons. The maximum Gasteiger partial charge on any atom is 0.435 e. The Balaban J connectivity index is 3.43. The molecule has 0 aliphatic heterocycles. The Morgan fingerprint density at radius 1 is 1.50 bits per heavy atom. The fraction of sp³-hybridized carbons (Fsp3) is 0.400. The van der Waals surface area contributed by atoms with E-state index in [9.17, 15) is 18.0 Å². The molecule has 0 saturated carbocycles. The Labute approximate surface area is 64.8 Å². The molecular weight excluding hydrogens is 175 g/mol. The van der Waals surface area contributed by atoms with Gasteiger partial charge in [-0.3, -0.25) is 14.6 Å². The lowest BCUT2D eigenvalue weighted by Gasteiger charge is -2.06. The summed E-state index contributed by atoms with van der Waals surface area (Å²) in [5.74, 6) is 0. The van der Waals surface area contributed by atoms with Gasteiger partial charge < -0.3 is 5.73 Å². The van der Waals surface area contributed by atoms with Crippen LogP contribution in [-0.2, 0) is 13.2 Å². The molecule has 0 spiro atoms. The van der Waals surface area contributed by atoms with Crippen molar-refractivity contribution in [3.8, 4) is 0 Å². The van der Waals surface area contributed by atoms with Crippen molar-refractivity contribution in [1.82, 2.24) is 9.78 Å². The van der Waals surface area contributed by atoms with Crippen molar-refractivity contribution in [2.24, 2.45) is 7.05 Å². The first kappa shape index (κ1) is 8.69. The number of anilines is 1. The second kappa shape index (κ2) is 2.29. The molecular formula is C5H6F3N3O. The molecule has 1 aromatic rings. The number of nitrogen functional groups attached to an aromatic ring is 1. The fourth-order valence-corrected chi connectivity index (χ4v) is 0.900. The third-order valence-corrected chi connectivity index (χ3v) is 1.37. The summed E-state index contributed by atoms with van der Waals surface area (Å²) in [7, 11) is 1.07. The minimum Gasteiger partial charge on any atom is -0.392 e. The van der Waals surface area contributed by atoms with Crippen molar-refractivity contribution in [3.63, 3.8) is 0 Å². The number of nitrogens with one attached hydrogen (secondary N) is 1. The van der Waals surface area contributed by atoms with Gasteiger partial charge in [-0.15, -0.1) is 0 Å². The lowest BCUT2D eigenvalue weighted by atomic mass is 10.3. The van der Waals surface area contributed by atoms with Crippen LogP contribution in [0.4, 0.5) is 18.9 Å². The largest absolute Gasteiger partial charge is 0.435 e. The molecule has 1 heterocycles. The summed E-state index contributed by atoms with van der Waals surface area (Å²) in [6.07, 6.45) is -4.60. The number of aromatic amines is 1. The number of nitrogens with two attached hydrogens (primary N) is 1. The van der Waals surface area contributed by atoms with Gasteiger partial charge in [0, 0.05) is 7.05 Å². The van der Waals surface area contributed by atoms with E-state index in [0.29, 0.717) is 4.68 Å². The number of hydrogen-bond donors (Lipinski definition) is 2. The molecule has 1 aromatic heterocycles. The number of rotatable bonds is 0. The zero-order valence-electron chi connectivity index (χ0n) is 6.07. The highest BCUT2D eigenvalue weighted by Gasteiger charge is 2.37. The summed E-state index contributed by atoms with van der Waals surface area (Å²) < 4.78 is 36.7. The number of halogens is 3. The molecule has 3 N–H and O–H groups in total. The van der Waals surface area contributed by atoms with E-state index in [1.807, 2.05) is 5.10 Å². The zero-order valence-corrected chi connectivity index (χ0v) is 6.07. The van der Waals surface area contributed by atoms with Crippen LogP contribution in [0.25, 0.3) is 0 Å². The number of hydrogen-bond acceptors (Lipinski definition) is 2. The van der Waals surface area contributed by atoms with Gasteiger partial charge in [0.05, 0.1) is 0 Å². The molecule has 0 saturated heterocycles.